The van der Waals surface area contributed by atoms with Crippen LogP contribution >= 0.6 is 0 Å². The maximum atomic E-state index is 14.3. The summed E-state index contributed by atoms with van der Waals surface area (Å²) in [5, 5.41) is 14.9. The van der Waals surface area contributed by atoms with Crippen molar-refractivity contribution in [3.05, 3.63) is 198 Å². The molecule has 0 N–H and O–H groups in total. The summed E-state index contributed by atoms with van der Waals surface area (Å²) in [6.07, 6.45) is -4.70. The third kappa shape index (κ3) is 5.60. The highest BCUT2D eigenvalue weighted by molar-refractivity contribution is 6.13. The molecule has 0 saturated carbocycles. The van der Waals surface area contributed by atoms with Crippen molar-refractivity contribution in [1.82, 2.24) is 9.13 Å². The number of nitriles is 1. The number of hydrogen-bond acceptors (Lipinski definition) is 1. The number of nitrogens with zero attached hydrogens (tertiary/aromatic N) is 4. The molecule has 0 saturated heterocycles. The molecule has 7 heteroatoms. The van der Waals surface area contributed by atoms with Gasteiger partial charge in [-0.2, -0.15) is 18.4 Å². The Labute approximate surface area is 331 Å². The Kier molecular flexibility index (Phi) is 8.00. The summed E-state index contributed by atoms with van der Waals surface area (Å²) in [5.74, 6) is 0. The van der Waals surface area contributed by atoms with E-state index in [9.17, 15) is 18.4 Å². The van der Waals surface area contributed by atoms with Gasteiger partial charge in [-0.1, -0.05) is 121 Å². The van der Waals surface area contributed by atoms with Crippen LogP contribution in [0.25, 0.3) is 93.2 Å². The van der Waals surface area contributed by atoms with Gasteiger partial charge in [-0.05, 0) is 82.4 Å². The SMILES string of the molecule is [C-]#[N+]c1cc(-c2cc(-n3c4ccccc4c4ccc(-c5ccccc5)cc43)c(-n3c4ccccc4c4ccc(-c5ccccc5)cc43)cc2C#N)cc(C(F)(F)F)c1. The van der Waals surface area contributed by atoms with Gasteiger partial charge in [-0.25, -0.2) is 4.85 Å². The quantitative estimate of drug-likeness (QED) is 0.161. The number of aromatic nitrogens is 2. The molecule has 58 heavy (non-hydrogen) atoms. The minimum absolute atomic E-state index is 0.129. The molecule has 2 aromatic heterocycles. The number of para-hydroxylation sites is 2. The van der Waals surface area contributed by atoms with Crippen molar-refractivity contribution >= 4 is 49.3 Å². The molecule has 10 aromatic rings. The largest absolute Gasteiger partial charge is 0.415 e. The lowest BCUT2D eigenvalue weighted by Crippen LogP contribution is -2.07. The van der Waals surface area contributed by atoms with Crippen LogP contribution in [-0.4, -0.2) is 9.13 Å². The monoisotopic (exact) mass is 754 g/mol. The summed E-state index contributed by atoms with van der Waals surface area (Å²) in [6, 6.07) is 58.4. The molecular weight excluding hydrogens is 726 g/mol. The van der Waals surface area contributed by atoms with Crippen molar-refractivity contribution in [2.75, 3.05) is 0 Å². The van der Waals surface area contributed by atoms with Gasteiger partial charge in [-0.3, -0.25) is 0 Å². The molecule has 0 amide bonds. The zero-order chi connectivity index (χ0) is 39.5. The normalized spacial score (nSPS) is 11.7. The molecular formula is C51H29F3N4. The minimum Gasteiger partial charge on any atom is -0.307 e. The van der Waals surface area contributed by atoms with E-state index in [-0.39, 0.29) is 22.4 Å². The molecule has 0 aliphatic carbocycles. The van der Waals surface area contributed by atoms with Crippen molar-refractivity contribution in [2.45, 2.75) is 6.18 Å². The van der Waals surface area contributed by atoms with Crippen molar-refractivity contribution in [3.63, 3.8) is 0 Å². The van der Waals surface area contributed by atoms with Gasteiger partial charge in [0.2, 0.25) is 0 Å². The molecule has 0 bridgehead atoms. The summed E-state index contributed by atoms with van der Waals surface area (Å²) in [7, 11) is 0. The fourth-order valence-electron chi connectivity index (χ4n) is 8.34. The minimum atomic E-state index is -4.70. The first-order chi connectivity index (χ1) is 28.3. The Morgan fingerprint density at radius 3 is 1.45 bits per heavy atom. The van der Waals surface area contributed by atoms with E-state index in [0.29, 0.717) is 11.4 Å². The molecule has 10 rings (SSSR count). The van der Waals surface area contributed by atoms with Crippen LogP contribution in [0, 0.1) is 17.9 Å². The predicted octanol–water partition coefficient (Wildman–Crippen LogP) is 14.3. The lowest BCUT2D eigenvalue weighted by atomic mass is 9.95. The zero-order valence-corrected chi connectivity index (χ0v) is 30.7. The molecule has 274 valence electrons. The van der Waals surface area contributed by atoms with E-state index >= 15 is 0 Å². The topological polar surface area (TPSA) is 38.0 Å². The number of hydrogen-bond donors (Lipinski definition) is 0. The van der Waals surface area contributed by atoms with Gasteiger partial charge in [0, 0.05) is 32.7 Å². The second-order valence-electron chi connectivity index (χ2n) is 14.3. The van der Waals surface area contributed by atoms with Crippen LogP contribution in [0.15, 0.2) is 176 Å². The summed E-state index contributed by atoms with van der Waals surface area (Å²) in [5.41, 5.74) is 8.45. The van der Waals surface area contributed by atoms with Gasteiger partial charge in [0.1, 0.15) is 0 Å². The van der Waals surface area contributed by atoms with Crippen molar-refractivity contribution in [1.29, 1.82) is 5.26 Å². The van der Waals surface area contributed by atoms with Crippen LogP contribution in [-0.2, 0) is 6.18 Å². The van der Waals surface area contributed by atoms with Gasteiger partial charge in [-0.15, -0.1) is 0 Å². The first kappa shape index (κ1) is 34.6. The van der Waals surface area contributed by atoms with E-state index in [1.54, 1.807) is 6.07 Å². The zero-order valence-electron chi connectivity index (χ0n) is 30.7. The van der Waals surface area contributed by atoms with Crippen LogP contribution in [0.3, 0.4) is 0 Å². The average molecular weight is 755 g/mol. The van der Waals surface area contributed by atoms with E-state index in [1.807, 2.05) is 72.8 Å². The molecule has 8 aromatic carbocycles. The Hall–Kier alpha value is -7.87. The Morgan fingerprint density at radius 2 is 0.948 bits per heavy atom. The highest BCUT2D eigenvalue weighted by Gasteiger charge is 2.32. The number of halogens is 3. The highest BCUT2D eigenvalue weighted by atomic mass is 19.4. The van der Waals surface area contributed by atoms with Gasteiger partial charge < -0.3 is 9.13 Å². The second-order valence-corrected chi connectivity index (χ2v) is 14.3. The fraction of sp³-hybridized carbons (Fsp3) is 0.0196. The molecule has 0 aliphatic heterocycles. The fourth-order valence-corrected chi connectivity index (χ4v) is 8.34. The Balaban J connectivity index is 1.37. The molecule has 0 atom stereocenters. The first-order valence-corrected chi connectivity index (χ1v) is 18.7. The van der Waals surface area contributed by atoms with Gasteiger partial charge in [0.25, 0.3) is 0 Å². The van der Waals surface area contributed by atoms with E-state index in [2.05, 4.69) is 98.9 Å². The number of alkyl halides is 3. The van der Waals surface area contributed by atoms with Crippen molar-refractivity contribution in [3.8, 4) is 50.8 Å². The first-order valence-electron chi connectivity index (χ1n) is 18.7. The van der Waals surface area contributed by atoms with Crippen LogP contribution < -0.4 is 0 Å². The molecule has 0 radical (unpaired) electrons. The molecule has 0 aliphatic rings. The van der Waals surface area contributed by atoms with Gasteiger partial charge in [0.05, 0.1) is 51.6 Å². The number of benzene rings is 8. The van der Waals surface area contributed by atoms with Crippen LogP contribution in [0.2, 0.25) is 0 Å². The maximum Gasteiger partial charge on any atom is 0.415 e. The lowest BCUT2D eigenvalue weighted by Gasteiger charge is -2.20. The van der Waals surface area contributed by atoms with Crippen molar-refractivity contribution < 1.29 is 13.2 Å². The summed E-state index contributed by atoms with van der Waals surface area (Å²) in [4.78, 5) is 3.40. The van der Waals surface area contributed by atoms with Crippen LogP contribution in [0.1, 0.15) is 11.1 Å². The van der Waals surface area contributed by atoms with Crippen LogP contribution in [0.4, 0.5) is 18.9 Å². The standard InChI is InChI=1S/C51H29F3N4/c1-56-39-25-36(24-38(29-39)51(52,53)54)44-30-50(58-46-19-11-9-17-41(46)43-23-21-35(27-48(43)58)33-14-6-3-7-15-33)49(28-37(44)31-55)57-45-18-10-8-16-40(45)42-22-20-34(26-47(42)57)32-12-4-2-5-13-32/h2-30H. The highest BCUT2D eigenvalue weighted by Crippen LogP contribution is 2.44. The second kappa shape index (κ2) is 13.4. The molecule has 0 fully saturated rings. The predicted molar refractivity (Wildman–Crippen MR) is 227 cm³/mol. The van der Waals surface area contributed by atoms with E-state index < -0.39 is 11.7 Å². The Morgan fingerprint density at radius 1 is 0.466 bits per heavy atom. The Bertz CT molecular complexity index is 3340. The lowest BCUT2D eigenvalue weighted by molar-refractivity contribution is -0.137. The van der Waals surface area contributed by atoms with E-state index in [1.165, 1.54) is 6.07 Å². The molecule has 4 nitrogen and oxygen atoms in total. The number of fused-ring (bicyclic) bond motifs is 6. The number of rotatable bonds is 5. The summed E-state index contributed by atoms with van der Waals surface area (Å²) < 4.78 is 47.3. The third-order valence-corrected chi connectivity index (χ3v) is 11.0. The van der Waals surface area contributed by atoms with Gasteiger partial charge >= 0.3 is 6.18 Å². The van der Waals surface area contributed by atoms with Crippen LogP contribution in [0.5, 0.6) is 0 Å². The van der Waals surface area contributed by atoms with E-state index in [4.69, 9.17) is 6.57 Å². The smallest absolute Gasteiger partial charge is 0.307 e. The van der Waals surface area contributed by atoms with E-state index in [0.717, 1.165) is 78.0 Å². The molecule has 0 spiro atoms. The summed E-state index contributed by atoms with van der Waals surface area (Å²) in [6.45, 7) is 7.68. The molecule has 2 heterocycles. The maximum absolute atomic E-state index is 14.3. The van der Waals surface area contributed by atoms with Gasteiger partial charge in [0.15, 0.2) is 5.69 Å². The average Bonchev–Trinajstić information content (AvgIpc) is 3.78. The summed E-state index contributed by atoms with van der Waals surface area (Å²) >= 11 is 0. The van der Waals surface area contributed by atoms with Crippen molar-refractivity contribution in [2.24, 2.45) is 0 Å². The third-order valence-electron chi connectivity index (χ3n) is 11.0. The molecule has 0 unspecified atom stereocenters.